The third-order valence-corrected chi connectivity index (χ3v) is 5.46. The third-order valence-electron chi connectivity index (χ3n) is 5.46. The van der Waals surface area contributed by atoms with Crippen molar-refractivity contribution in [1.82, 2.24) is 25.4 Å². The average Bonchev–Trinajstić information content (AvgIpc) is 3.43. The summed E-state index contributed by atoms with van der Waals surface area (Å²) >= 11 is 0. The summed E-state index contributed by atoms with van der Waals surface area (Å²) in [7, 11) is 0. The molecule has 2 heterocycles. The molecule has 7 heteroatoms. The molecule has 1 aromatic heterocycles. The van der Waals surface area contributed by atoms with Crippen LogP contribution in [0.25, 0.3) is 0 Å². The number of carbonyl (C=O) groups is 1. The zero-order chi connectivity index (χ0) is 19.9. The van der Waals surface area contributed by atoms with Crippen LogP contribution in [0.1, 0.15) is 33.7 Å². The number of amides is 1. The molecule has 0 radical (unpaired) electrons. The number of aryl methyl sites for hydroxylation is 2. The van der Waals surface area contributed by atoms with E-state index >= 15 is 0 Å². The van der Waals surface area contributed by atoms with Crippen LogP contribution in [0, 0.1) is 5.92 Å². The molecule has 2 N–H and O–H groups in total. The number of rotatable bonds is 8. The molecule has 1 aliphatic heterocycles. The van der Waals surface area contributed by atoms with Crippen molar-refractivity contribution in [3.05, 3.63) is 83.4 Å². The molecule has 2 aromatic carbocycles. The maximum absolute atomic E-state index is 12.6. The summed E-state index contributed by atoms with van der Waals surface area (Å²) in [5.74, 6) is 1.35. The lowest BCUT2D eigenvalue weighted by Gasteiger charge is -2.11. The summed E-state index contributed by atoms with van der Waals surface area (Å²) in [6, 6.07) is 18.3. The van der Waals surface area contributed by atoms with Gasteiger partial charge < -0.3 is 15.2 Å². The number of aromatic nitrogens is 3. The Labute approximate surface area is 183 Å². The summed E-state index contributed by atoms with van der Waals surface area (Å²) in [5.41, 5.74) is 3.19. The Hall–Kier alpha value is -2.70. The zero-order valence-corrected chi connectivity index (χ0v) is 17.8. The number of nitrogens with zero attached hydrogens (tertiary/aromatic N) is 3. The minimum absolute atomic E-state index is 0. The van der Waals surface area contributed by atoms with Crippen molar-refractivity contribution in [2.75, 3.05) is 13.1 Å². The molecule has 1 fully saturated rings. The Bertz CT molecular complexity index is 938. The molecule has 1 aliphatic rings. The first-order chi connectivity index (χ1) is 14.3. The first kappa shape index (κ1) is 22.0. The molecule has 3 aromatic rings. The van der Waals surface area contributed by atoms with Gasteiger partial charge in [-0.25, -0.2) is 0 Å². The molecule has 1 atom stereocenters. The van der Waals surface area contributed by atoms with Gasteiger partial charge in [0, 0.05) is 12.1 Å². The Balaban J connectivity index is 0.00000256. The highest BCUT2D eigenvalue weighted by Crippen LogP contribution is 2.16. The van der Waals surface area contributed by atoms with Crippen LogP contribution in [0.5, 0.6) is 0 Å². The molecule has 4 rings (SSSR count). The molecule has 6 nitrogen and oxygen atoms in total. The average molecular weight is 426 g/mol. The lowest BCUT2D eigenvalue weighted by molar-refractivity contribution is 0.0949. The molecular weight excluding hydrogens is 398 g/mol. The maximum Gasteiger partial charge on any atom is 0.251 e. The minimum Gasteiger partial charge on any atom is -0.345 e. The smallest absolute Gasteiger partial charge is 0.251 e. The summed E-state index contributed by atoms with van der Waals surface area (Å²) in [6.45, 7) is 3.31. The second kappa shape index (κ2) is 10.9. The predicted molar refractivity (Wildman–Crippen MR) is 120 cm³/mol. The lowest BCUT2D eigenvalue weighted by atomic mass is 9.97. The van der Waals surface area contributed by atoms with Crippen molar-refractivity contribution in [3.8, 4) is 0 Å². The number of hydrogen-bond acceptors (Lipinski definition) is 4. The van der Waals surface area contributed by atoms with Gasteiger partial charge in [-0.2, -0.15) is 0 Å². The number of halogens is 1. The first-order valence-corrected chi connectivity index (χ1v) is 10.3. The van der Waals surface area contributed by atoms with E-state index < -0.39 is 0 Å². The Morgan fingerprint density at radius 2 is 1.97 bits per heavy atom. The van der Waals surface area contributed by atoms with Crippen LogP contribution < -0.4 is 10.6 Å². The topological polar surface area (TPSA) is 71.8 Å². The van der Waals surface area contributed by atoms with Crippen LogP contribution in [0.2, 0.25) is 0 Å². The number of hydrogen-bond donors (Lipinski definition) is 2. The van der Waals surface area contributed by atoms with Crippen LogP contribution in [-0.2, 0) is 25.9 Å². The van der Waals surface area contributed by atoms with Gasteiger partial charge in [0.05, 0.1) is 6.54 Å². The normalized spacial score (nSPS) is 15.5. The SMILES string of the molecule is Cl.O=C(NCc1nncn1CCc1ccccc1)c1cccc(CC2CCNC2)c1. The van der Waals surface area contributed by atoms with Gasteiger partial charge >= 0.3 is 0 Å². The Kier molecular flexibility index (Phi) is 7.99. The molecule has 0 saturated carbocycles. The van der Waals surface area contributed by atoms with Gasteiger partial charge in [0.1, 0.15) is 6.33 Å². The summed E-state index contributed by atoms with van der Waals surface area (Å²) in [5, 5.41) is 14.6. The van der Waals surface area contributed by atoms with E-state index in [1.165, 1.54) is 17.5 Å². The third kappa shape index (κ3) is 5.90. The fourth-order valence-electron chi connectivity index (χ4n) is 3.82. The fourth-order valence-corrected chi connectivity index (χ4v) is 3.82. The van der Waals surface area contributed by atoms with Crippen LogP contribution in [0.15, 0.2) is 60.9 Å². The summed E-state index contributed by atoms with van der Waals surface area (Å²) < 4.78 is 2.00. The van der Waals surface area contributed by atoms with E-state index in [4.69, 9.17) is 0 Å². The highest BCUT2D eigenvalue weighted by Gasteiger charge is 2.16. The second-order valence-electron chi connectivity index (χ2n) is 7.62. The van der Waals surface area contributed by atoms with Gasteiger partial charge in [0.25, 0.3) is 5.91 Å². The molecular formula is C23H28ClN5O. The van der Waals surface area contributed by atoms with Crippen molar-refractivity contribution < 1.29 is 4.79 Å². The van der Waals surface area contributed by atoms with Gasteiger partial charge in [-0.15, -0.1) is 22.6 Å². The van der Waals surface area contributed by atoms with Crippen molar-refractivity contribution in [1.29, 1.82) is 0 Å². The molecule has 30 heavy (non-hydrogen) atoms. The minimum atomic E-state index is -0.0750. The van der Waals surface area contributed by atoms with Crippen LogP contribution in [-0.4, -0.2) is 33.8 Å². The monoisotopic (exact) mass is 425 g/mol. The van der Waals surface area contributed by atoms with E-state index in [2.05, 4.69) is 39.0 Å². The fraction of sp³-hybridized carbons (Fsp3) is 0.348. The highest BCUT2D eigenvalue weighted by molar-refractivity contribution is 5.94. The molecule has 1 unspecified atom stereocenters. The Morgan fingerprint density at radius 3 is 2.77 bits per heavy atom. The van der Waals surface area contributed by atoms with Crippen LogP contribution >= 0.6 is 12.4 Å². The van der Waals surface area contributed by atoms with Crippen molar-refractivity contribution in [3.63, 3.8) is 0 Å². The Morgan fingerprint density at radius 1 is 1.13 bits per heavy atom. The molecule has 1 amide bonds. The molecule has 1 saturated heterocycles. The van der Waals surface area contributed by atoms with E-state index in [0.717, 1.165) is 38.3 Å². The molecule has 0 aliphatic carbocycles. The predicted octanol–water partition coefficient (Wildman–Crippen LogP) is 3.02. The van der Waals surface area contributed by atoms with Gasteiger partial charge in [0.2, 0.25) is 0 Å². The standard InChI is InChI=1S/C23H27N5O.ClH/c29-23(21-8-4-7-19(14-21)13-20-9-11-24-15-20)25-16-22-27-26-17-28(22)12-10-18-5-2-1-3-6-18;/h1-8,14,17,20,24H,9-13,15-16H2,(H,25,29);1H. The van der Waals surface area contributed by atoms with E-state index in [0.29, 0.717) is 18.0 Å². The summed E-state index contributed by atoms with van der Waals surface area (Å²) in [6.07, 6.45) is 4.84. The van der Waals surface area contributed by atoms with Crippen LogP contribution in [0.3, 0.4) is 0 Å². The van der Waals surface area contributed by atoms with Gasteiger partial charge in [-0.3, -0.25) is 4.79 Å². The van der Waals surface area contributed by atoms with Crippen molar-refractivity contribution >= 4 is 18.3 Å². The highest BCUT2D eigenvalue weighted by atomic mass is 35.5. The van der Waals surface area contributed by atoms with Crippen LogP contribution in [0.4, 0.5) is 0 Å². The number of carbonyl (C=O) groups excluding carboxylic acids is 1. The molecule has 0 spiro atoms. The number of benzene rings is 2. The molecule has 0 bridgehead atoms. The van der Waals surface area contributed by atoms with E-state index in [9.17, 15) is 4.79 Å². The van der Waals surface area contributed by atoms with Crippen molar-refractivity contribution in [2.45, 2.75) is 32.4 Å². The first-order valence-electron chi connectivity index (χ1n) is 10.3. The largest absolute Gasteiger partial charge is 0.345 e. The van der Waals surface area contributed by atoms with Gasteiger partial charge in [-0.05, 0) is 61.5 Å². The zero-order valence-electron chi connectivity index (χ0n) is 17.0. The van der Waals surface area contributed by atoms with E-state index in [-0.39, 0.29) is 18.3 Å². The van der Waals surface area contributed by atoms with E-state index in [1.54, 1.807) is 6.33 Å². The maximum atomic E-state index is 12.6. The van der Waals surface area contributed by atoms with Gasteiger partial charge in [-0.1, -0.05) is 42.5 Å². The number of nitrogens with one attached hydrogen (secondary N) is 2. The van der Waals surface area contributed by atoms with E-state index in [1.807, 2.05) is 41.0 Å². The molecule has 158 valence electrons. The lowest BCUT2D eigenvalue weighted by Crippen LogP contribution is -2.25. The summed E-state index contributed by atoms with van der Waals surface area (Å²) in [4.78, 5) is 12.6. The quantitative estimate of drug-likeness (QED) is 0.582. The second-order valence-corrected chi connectivity index (χ2v) is 7.62. The van der Waals surface area contributed by atoms with Crippen molar-refractivity contribution in [2.24, 2.45) is 5.92 Å². The van der Waals surface area contributed by atoms with Gasteiger partial charge in [0.15, 0.2) is 5.82 Å².